The minimum Gasteiger partial charge on any atom is -0.870 e. The third kappa shape index (κ3) is 13.5. The van der Waals surface area contributed by atoms with E-state index in [2.05, 4.69) is 9.97 Å². The molecule has 2 aromatic heterocycles. The number of hydrogen-bond acceptors (Lipinski definition) is 12. The number of carbonyl (C=O) groups excluding carboxylic acids is 3. The molecule has 0 spiro atoms. The van der Waals surface area contributed by atoms with Crippen LogP contribution in [0, 0.1) is 0 Å². The second-order valence-corrected chi connectivity index (χ2v) is 14.6. The number of halogens is 4. The summed E-state index contributed by atoms with van der Waals surface area (Å²) in [7, 11) is 0. The average molecular weight is 889 g/mol. The van der Waals surface area contributed by atoms with Crippen LogP contribution in [0.3, 0.4) is 0 Å². The molecule has 312 valence electrons. The summed E-state index contributed by atoms with van der Waals surface area (Å²) < 4.78 is 4.89. The van der Waals surface area contributed by atoms with Gasteiger partial charge >= 0.3 is 30.8 Å². The summed E-state index contributed by atoms with van der Waals surface area (Å²) in [6, 6.07) is 17.5. The zero-order valence-electron chi connectivity index (χ0n) is 32.2. The van der Waals surface area contributed by atoms with Gasteiger partial charge in [-0.15, -0.1) is 0 Å². The Hall–Kier alpha value is -4.50. The molecule has 2 atom stereocenters. The van der Waals surface area contributed by atoms with Gasteiger partial charge in [-0.2, -0.15) is 0 Å². The van der Waals surface area contributed by atoms with Crippen LogP contribution >= 0.6 is 46.4 Å². The number of carboxylic acids is 1. The molecule has 0 bridgehead atoms. The molecule has 0 saturated carbocycles. The van der Waals surface area contributed by atoms with Crippen LogP contribution in [0.4, 0.5) is 23.0 Å². The number of hydrogen-bond donors (Lipinski definition) is 3. The van der Waals surface area contributed by atoms with Gasteiger partial charge in [0.1, 0.15) is 12.8 Å². The summed E-state index contributed by atoms with van der Waals surface area (Å²) in [6.07, 6.45) is 2.26. The van der Waals surface area contributed by atoms with Crippen molar-refractivity contribution in [2.75, 3.05) is 67.1 Å². The van der Waals surface area contributed by atoms with Crippen LogP contribution in [0.2, 0.25) is 20.1 Å². The zero-order chi connectivity index (χ0) is 40.5. The first-order chi connectivity index (χ1) is 26.7. The Balaban J connectivity index is 0.000000388. The van der Waals surface area contributed by atoms with Crippen molar-refractivity contribution in [3.63, 3.8) is 0 Å². The Bertz CT molecular complexity index is 2060. The number of pyridine rings is 2. The van der Waals surface area contributed by atoms with E-state index in [0.29, 0.717) is 82.4 Å². The van der Waals surface area contributed by atoms with E-state index < -0.39 is 24.3 Å². The number of nitrogens with two attached hydrogens (primary N) is 2. The van der Waals surface area contributed by atoms with Gasteiger partial charge in [0.15, 0.2) is 11.6 Å². The third-order valence-electron chi connectivity index (χ3n) is 9.15. The number of aliphatic carboxylic acids is 1. The molecule has 2 amide bonds. The number of benzene rings is 2. The molecule has 2 aliphatic heterocycles. The fourth-order valence-corrected chi connectivity index (χ4v) is 7.11. The standard InChI is InChI=1S/C20H22Cl2N4O3.C18H18Cl2N4O3.Li.2H2O/c1-2-29-19(28)10-18(27)25-7-8-26(20-16(23)9-15(22)11-24-20)17(12-25)13-3-5-14(21)6-4-13;19-12-3-1-11(2-4-12)15-10-23(16(25)8-17(26)27)5-6-24(15)18-14(21)7-13(20)9-22-18;;;/h3-6,9,11,17H,2,7-8,10,12,23H2,1H3;1-4,7,9,15H,5-6,8,10,21H2,(H,26,27);;2*1H2/q;;+1;;/p-1. The van der Waals surface area contributed by atoms with Crippen LogP contribution in [0.1, 0.15) is 43.0 Å². The average Bonchev–Trinajstić information content (AvgIpc) is 3.15. The molecule has 59 heavy (non-hydrogen) atoms. The second-order valence-electron chi connectivity index (χ2n) is 12.9. The van der Waals surface area contributed by atoms with Crippen LogP contribution < -0.4 is 40.1 Å². The van der Waals surface area contributed by atoms with Crippen LogP contribution in [-0.2, 0) is 23.9 Å². The topological polar surface area (TPSA) is 250 Å². The number of carbonyl (C=O) groups is 4. The van der Waals surface area contributed by atoms with Gasteiger partial charge in [0.2, 0.25) is 11.8 Å². The van der Waals surface area contributed by atoms with E-state index >= 15 is 0 Å². The molecule has 4 heterocycles. The van der Waals surface area contributed by atoms with Crippen molar-refractivity contribution < 1.29 is 58.8 Å². The maximum Gasteiger partial charge on any atom is 1.00 e. The summed E-state index contributed by atoms with van der Waals surface area (Å²) in [5, 5.41) is 11.0. The number of esters is 1. The van der Waals surface area contributed by atoms with Crippen molar-refractivity contribution in [3.05, 3.63) is 104 Å². The molecule has 0 radical (unpaired) electrons. The molecular weight excluding hydrogens is 845 g/mol. The number of nitrogen functional groups attached to an aromatic ring is 2. The smallest absolute Gasteiger partial charge is 0.870 e. The summed E-state index contributed by atoms with van der Waals surface area (Å²) in [5.41, 5.74) is 15.0. The zero-order valence-corrected chi connectivity index (χ0v) is 35.3. The van der Waals surface area contributed by atoms with Gasteiger partial charge in [0.05, 0.1) is 40.1 Å². The Labute approximate surface area is 373 Å². The molecule has 8 N–H and O–H groups in total. The van der Waals surface area contributed by atoms with E-state index in [-0.39, 0.29) is 60.8 Å². The van der Waals surface area contributed by atoms with Crippen molar-refractivity contribution >= 4 is 93.2 Å². The van der Waals surface area contributed by atoms with E-state index in [0.717, 1.165) is 11.1 Å². The molecule has 2 fully saturated rings. The number of amides is 2. The molecule has 4 aromatic rings. The maximum absolute atomic E-state index is 12.6. The molecule has 2 aromatic carbocycles. The van der Waals surface area contributed by atoms with Crippen molar-refractivity contribution in [1.82, 2.24) is 19.8 Å². The minimum atomic E-state index is -1.14. The van der Waals surface area contributed by atoms with Crippen LogP contribution in [-0.4, -0.2) is 105 Å². The third-order valence-corrected chi connectivity index (χ3v) is 10.1. The number of ether oxygens (including phenoxy) is 1. The van der Waals surface area contributed by atoms with E-state index in [4.69, 9.17) is 67.7 Å². The number of aromatic nitrogens is 2. The van der Waals surface area contributed by atoms with Crippen molar-refractivity contribution in [2.45, 2.75) is 31.8 Å². The van der Waals surface area contributed by atoms with Crippen molar-refractivity contribution in [3.8, 4) is 0 Å². The predicted octanol–water partition coefficient (Wildman–Crippen LogP) is 2.15. The van der Waals surface area contributed by atoms with E-state index in [9.17, 15) is 19.2 Å². The summed E-state index contributed by atoms with van der Waals surface area (Å²) in [5.74, 6) is -1.17. The van der Waals surface area contributed by atoms with Crippen molar-refractivity contribution in [1.29, 1.82) is 0 Å². The molecule has 21 heteroatoms. The maximum atomic E-state index is 12.6. The normalized spacial score (nSPS) is 15.9. The van der Waals surface area contributed by atoms with Gasteiger partial charge in [0, 0.05) is 61.7 Å². The molecule has 2 saturated heterocycles. The minimum absolute atomic E-state index is 0. The molecular formula is C38H43Cl4LiN8O8. The summed E-state index contributed by atoms with van der Waals surface area (Å²) in [6.45, 7) is 4.42. The predicted molar refractivity (Wildman–Crippen MR) is 223 cm³/mol. The van der Waals surface area contributed by atoms with Gasteiger partial charge in [0.25, 0.3) is 0 Å². The Morgan fingerprint density at radius 1 is 0.695 bits per heavy atom. The van der Waals surface area contributed by atoms with Gasteiger partial charge in [-0.1, -0.05) is 70.7 Å². The fourth-order valence-electron chi connectivity index (χ4n) is 6.53. The first-order valence-electron chi connectivity index (χ1n) is 17.5. The summed E-state index contributed by atoms with van der Waals surface area (Å²) in [4.78, 5) is 63.5. The van der Waals surface area contributed by atoms with Crippen molar-refractivity contribution in [2.24, 2.45) is 0 Å². The fraction of sp³-hybridized carbons (Fsp3) is 0.316. The number of piperazine rings is 2. The van der Waals surface area contributed by atoms with E-state index in [1.54, 1.807) is 59.3 Å². The largest absolute Gasteiger partial charge is 1.00 e. The van der Waals surface area contributed by atoms with Crippen LogP contribution in [0.25, 0.3) is 0 Å². The Kier molecular flexibility index (Phi) is 20.0. The van der Waals surface area contributed by atoms with Crippen LogP contribution in [0.15, 0.2) is 73.1 Å². The number of rotatable bonds is 9. The molecule has 0 aliphatic carbocycles. The molecule has 2 unspecified atom stereocenters. The van der Waals surface area contributed by atoms with E-state index in [1.807, 2.05) is 34.1 Å². The Morgan fingerprint density at radius 3 is 1.44 bits per heavy atom. The molecule has 16 nitrogen and oxygen atoms in total. The monoisotopic (exact) mass is 886 g/mol. The number of anilines is 4. The quantitative estimate of drug-likeness (QED) is 0.124. The summed E-state index contributed by atoms with van der Waals surface area (Å²) >= 11 is 24.0. The first kappa shape index (κ1) is 50.6. The van der Waals surface area contributed by atoms with Crippen LogP contribution in [0.5, 0.6) is 0 Å². The van der Waals surface area contributed by atoms with Gasteiger partial charge in [-0.3, -0.25) is 19.2 Å². The first-order valence-corrected chi connectivity index (χ1v) is 19.0. The van der Waals surface area contributed by atoms with Gasteiger partial charge < -0.3 is 51.9 Å². The van der Waals surface area contributed by atoms with E-state index in [1.165, 1.54) is 6.20 Å². The number of carboxylic acid groups (broad SMARTS) is 1. The molecule has 6 rings (SSSR count). The second kappa shape index (κ2) is 23.3. The SMILES string of the molecule is CCOC(=O)CC(=O)N1CCN(c2ncc(Cl)cc2N)C(c2ccc(Cl)cc2)C1.Nc1cc(Cl)cnc1N1CCN(C(=O)CC(=O)O)CC1c1ccc(Cl)cc1.O.[Li+].[OH-]. The molecule has 2 aliphatic rings. The Morgan fingerprint density at radius 2 is 1.08 bits per heavy atom. The van der Waals surface area contributed by atoms with Gasteiger partial charge in [-0.05, 0) is 54.4 Å². The number of nitrogens with zero attached hydrogens (tertiary/aromatic N) is 6. The van der Waals surface area contributed by atoms with Gasteiger partial charge in [-0.25, -0.2) is 9.97 Å².